The first kappa shape index (κ1) is 20.5. The molecular weight excluding hydrogens is 395 g/mol. The molecule has 1 saturated heterocycles. The molecule has 0 aromatic heterocycles. The summed E-state index contributed by atoms with van der Waals surface area (Å²) >= 11 is 0. The molecule has 0 bridgehead atoms. The normalized spacial score (nSPS) is 19.7. The van der Waals surface area contributed by atoms with E-state index in [4.69, 9.17) is 0 Å². The minimum atomic E-state index is -6.64. The second-order valence-corrected chi connectivity index (χ2v) is 7.89. The molecule has 0 spiro atoms. The highest BCUT2D eigenvalue weighted by molar-refractivity contribution is 7.92. The van der Waals surface area contributed by atoms with Crippen molar-refractivity contribution in [2.45, 2.75) is 34.6 Å². The zero-order valence-corrected chi connectivity index (χ0v) is 13.6. The van der Waals surface area contributed by atoms with Crippen molar-refractivity contribution < 1.29 is 43.9 Å². The summed E-state index contributed by atoms with van der Waals surface area (Å²) in [6.45, 7) is -1.58. The minimum absolute atomic E-state index is 0.0187. The van der Waals surface area contributed by atoms with Crippen molar-refractivity contribution in [1.29, 1.82) is 0 Å². The Labute approximate surface area is 143 Å². The number of carbonyl (C=O) groups excluding carboxylic acids is 1. The lowest BCUT2D eigenvalue weighted by atomic mass is 10.1. The Morgan fingerprint density at radius 2 is 1.54 bits per heavy atom. The quantitative estimate of drug-likeness (QED) is 0.722. The van der Waals surface area contributed by atoms with Gasteiger partial charge >= 0.3 is 18.0 Å². The van der Waals surface area contributed by atoms with E-state index in [9.17, 15) is 43.9 Å². The van der Waals surface area contributed by atoms with Crippen LogP contribution in [0.3, 0.4) is 0 Å². The topological polar surface area (TPSA) is 54.5 Å². The van der Waals surface area contributed by atoms with Crippen molar-refractivity contribution in [2.75, 3.05) is 13.1 Å². The fraction of sp³-hybridized carbons (Fsp3) is 0.500. The molecule has 1 unspecified atom stereocenters. The van der Waals surface area contributed by atoms with Gasteiger partial charge in [0.1, 0.15) is 0 Å². The number of alkyl halides is 7. The van der Waals surface area contributed by atoms with Crippen molar-refractivity contribution in [2.24, 2.45) is 0 Å². The highest BCUT2D eigenvalue weighted by Gasteiger charge is 2.77. The van der Waals surface area contributed by atoms with Gasteiger partial charge in [-0.25, -0.2) is 8.42 Å². The SMILES string of the molecule is O=C(N1CCC(S(=O)(=O)c2ccccc2)C1)C(F)(F)C(F)(F)C(F)(F)F. The second-order valence-electron chi connectivity index (χ2n) is 5.67. The van der Waals surface area contributed by atoms with E-state index in [2.05, 4.69) is 0 Å². The molecule has 1 fully saturated rings. The van der Waals surface area contributed by atoms with E-state index in [0.29, 0.717) is 0 Å². The van der Waals surface area contributed by atoms with Crippen LogP contribution >= 0.6 is 0 Å². The average Bonchev–Trinajstić information content (AvgIpc) is 3.04. The molecule has 1 amide bonds. The Morgan fingerprint density at radius 1 is 1.00 bits per heavy atom. The number of likely N-dealkylation sites (tertiary alicyclic amines) is 1. The lowest BCUT2D eigenvalue weighted by molar-refractivity contribution is -0.345. The Kier molecular flexibility index (Phi) is 5.03. The van der Waals surface area contributed by atoms with Gasteiger partial charge in [0.05, 0.1) is 10.1 Å². The number of nitrogens with zero attached hydrogens (tertiary/aromatic N) is 1. The van der Waals surface area contributed by atoms with Gasteiger partial charge in [-0.3, -0.25) is 4.79 Å². The first-order valence-electron chi connectivity index (χ1n) is 7.13. The average molecular weight is 407 g/mol. The van der Waals surface area contributed by atoms with E-state index >= 15 is 0 Å². The summed E-state index contributed by atoms with van der Waals surface area (Å²) in [7, 11) is -4.06. The molecule has 146 valence electrons. The van der Waals surface area contributed by atoms with Gasteiger partial charge in [0.2, 0.25) is 0 Å². The number of amides is 1. The Morgan fingerprint density at radius 3 is 2.04 bits per heavy atom. The Balaban J connectivity index is 2.22. The predicted molar refractivity (Wildman–Crippen MR) is 74.6 cm³/mol. The third-order valence-electron chi connectivity index (χ3n) is 3.96. The van der Waals surface area contributed by atoms with E-state index in [-0.39, 0.29) is 16.2 Å². The Bertz CT molecular complexity index is 777. The summed E-state index contributed by atoms with van der Waals surface area (Å²) in [6.07, 6.45) is -7.00. The van der Waals surface area contributed by atoms with Crippen molar-refractivity contribution in [3.63, 3.8) is 0 Å². The smallest absolute Gasteiger partial charge is 0.336 e. The van der Waals surface area contributed by atoms with Crippen LogP contribution in [0.15, 0.2) is 35.2 Å². The number of carbonyl (C=O) groups is 1. The molecule has 12 heteroatoms. The van der Waals surface area contributed by atoms with Crippen molar-refractivity contribution in [3.05, 3.63) is 30.3 Å². The lowest BCUT2D eigenvalue weighted by Crippen LogP contribution is -2.60. The number of hydrogen-bond donors (Lipinski definition) is 0. The van der Waals surface area contributed by atoms with Crippen molar-refractivity contribution >= 4 is 15.7 Å². The van der Waals surface area contributed by atoms with Gasteiger partial charge in [-0.15, -0.1) is 0 Å². The van der Waals surface area contributed by atoms with Gasteiger partial charge in [-0.2, -0.15) is 30.7 Å². The zero-order valence-electron chi connectivity index (χ0n) is 12.8. The van der Waals surface area contributed by atoms with E-state index in [1.807, 2.05) is 0 Å². The predicted octanol–water partition coefficient (Wildman–Crippen LogP) is 2.89. The molecule has 0 saturated carbocycles. The molecule has 0 aliphatic carbocycles. The van der Waals surface area contributed by atoms with Crippen LogP contribution in [0, 0.1) is 0 Å². The third kappa shape index (κ3) is 3.26. The fourth-order valence-corrected chi connectivity index (χ4v) is 4.19. The number of halogens is 7. The maximum Gasteiger partial charge on any atom is 0.460 e. The number of benzene rings is 1. The minimum Gasteiger partial charge on any atom is -0.336 e. The summed E-state index contributed by atoms with van der Waals surface area (Å²) in [5.74, 6) is -15.4. The van der Waals surface area contributed by atoms with Crippen LogP contribution in [0.4, 0.5) is 30.7 Å². The van der Waals surface area contributed by atoms with Gasteiger partial charge in [-0.05, 0) is 18.6 Å². The number of hydrogen-bond acceptors (Lipinski definition) is 3. The van der Waals surface area contributed by atoms with Crippen molar-refractivity contribution in [1.82, 2.24) is 4.90 Å². The summed E-state index contributed by atoms with van der Waals surface area (Å²) in [4.78, 5) is 11.4. The molecule has 0 N–H and O–H groups in total. The molecule has 1 atom stereocenters. The zero-order chi connectivity index (χ0) is 20.0. The third-order valence-corrected chi connectivity index (χ3v) is 6.15. The van der Waals surface area contributed by atoms with E-state index in [1.54, 1.807) is 0 Å². The number of rotatable bonds is 4. The van der Waals surface area contributed by atoms with Gasteiger partial charge < -0.3 is 4.90 Å². The largest absolute Gasteiger partial charge is 0.460 e. The molecule has 1 heterocycles. The summed E-state index contributed by atoms with van der Waals surface area (Å²) in [5.41, 5.74) is 0. The summed E-state index contributed by atoms with van der Waals surface area (Å²) in [5, 5.41) is -1.39. The number of sulfone groups is 1. The van der Waals surface area contributed by atoms with Crippen LogP contribution in [0.25, 0.3) is 0 Å². The lowest BCUT2D eigenvalue weighted by Gasteiger charge is -2.30. The molecular formula is C14H12F7NO3S. The first-order valence-corrected chi connectivity index (χ1v) is 8.68. The molecule has 0 radical (unpaired) electrons. The summed E-state index contributed by atoms with van der Waals surface area (Å²) < 4.78 is 114. The maximum atomic E-state index is 13.5. The van der Waals surface area contributed by atoms with Crippen LogP contribution in [-0.4, -0.2) is 55.6 Å². The van der Waals surface area contributed by atoms with Gasteiger partial charge in [0.15, 0.2) is 9.84 Å². The fourth-order valence-electron chi connectivity index (χ4n) is 2.48. The molecule has 4 nitrogen and oxygen atoms in total. The van der Waals surface area contributed by atoms with Crippen LogP contribution in [0.2, 0.25) is 0 Å². The molecule has 1 aromatic rings. The highest BCUT2D eigenvalue weighted by atomic mass is 32.2. The van der Waals surface area contributed by atoms with E-state index < -0.39 is 52.1 Å². The molecule has 26 heavy (non-hydrogen) atoms. The first-order chi connectivity index (χ1) is 11.7. The standard InChI is InChI=1S/C14H12F7NO3S/c15-12(16,13(17,18)14(19,20)21)11(23)22-7-6-10(8-22)26(24,25)9-4-2-1-3-5-9/h1-5,10H,6-8H2. The maximum absolute atomic E-state index is 13.5. The monoisotopic (exact) mass is 407 g/mol. The van der Waals surface area contributed by atoms with Crippen LogP contribution in [0.1, 0.15) is 6.42 Å². The highest BCUT2D eigenvalue weighted by Crippen LogP contribution is 2.47. The van der Waals surface area contributed by atoms with Crippen LogP contribution in [-0.2, 0) is 14.6 Å². The van der Waals surface area contributed by atoms with Gasteiger partial charge in [0, 0.05) is 13.1 Å². The molecule has 1 aliphatic rings. The summed E-state index contributed by atoms with van der Waals surface area (Å²) in [6, 6.07) is 6.73. The second kappa shape index (κ2) is 6.39. The van der Waals surface area contributed by atoms with Crippen molar-refractivity contribution in [3.8, 4) is 0 Å². The van der Waals surface area contributed by atoms with Gasteiger partial charge in [0.25, 0.3) is 5.91 Å². The van der Waals surface area contributed by atoms with E-state index in [1.165, 1.54) is 30.3 Å². The van der Waals surface area contributed by atoms with E-state index in [0.717, 1.165) is 0 Å². The molecule has 1 aromatic carbocycles. The van der Waals surface area contributed by atoms with Crippen LogP contribution in [0.5, 0.6) is 0 Å². The molecule has 1 aliphatic heterocycles. The van der Waals surface area contributed by atoms with Gasteiger partial charge in [-0.1, -0.05) is 18.2 Å². The van der Waals surface area contributed by atoms with Crippen LogP contribution < -0.4 is 0 Å². The Hall–Kier alpha value is -1.85. The molecule has 2 rings (SSSR count).